The van der Waals surface area contributed by atoms with Gasteiger partial charge in [-0.25, -0.2) is 37.5 Å². The van der Waals surface area contributed by atoms with Crippen LogP contribution in [0.1, 0.15) is 0 Å². The molecule has 6 aromatic rings. The number of hydrogen-bond acceptors (Lipinski definition) is 8. The van der Waals surface area contributed by atoms with Crippen molar-refractivity contribution < 1.29 is 17.6 Å². The fourth-order valence-electron chi connectivity index (χ4n) is 4.94. The van der Waals surface area contributed by atoms with E-state index in [1.54, 1.807) is 46.5 Å². The Balaban J connectivity index is 1.39. The van der Waals surface area contributed by atoms with Crippen LogP contribution in [0, 0.1) is 23.3 Å². The molecule has 6 nitrogen and oxygen atoms in total. The van der Waals surface area contributed by atoms with E-state index < -0.39 is 23.3 Å². The summed E-state index contributed by atoms with van der Waals surface area (Å²) >= 11 is 2.38. The van der Waals surface area contributed by atoms with Gasteiger partial charge in [0.1, 0.15) is 21.7 Å². The summed E-state index contributed by atoms with van der Waals surface area (Å²) in [6, 6.07) is 19.0. The zero-order chi connectivity index (χ0) is 28.5. The number of nitrogens with zero attached hydrogens (tertiary/aromatic N) is 6. The Bertz CT molecular complexity index is 1990. The lowest BCUT2D eigenvalue weighted by Crippen LogP contribution is -2.20. The number of benzene rings is 2. The molecule has 0 N–H and O–H groups in total. The summed E-state index contributed by atoms with van der Waals surface area (Å²) < 4.78 is 58.2. The number of rotatable bonds is 2. The lowest BCUT2D eigenvalue weighted by molar-refractivity contribution is 0.506. The molecule has 2 aliphatic rings. The quantitative estimate of drug-likeness (QED) is 0.184. The first-order valence-electron chi connectivity index (χ1n) is 12.6. The molecule has 0 unspecified atom stereocenters. The van der Waals surface area contributed by atoms with Crippen LogP contribution in [0.15, 0.2) is 105 Å². The smallest absolute Gasteiger partial charge is 0.161 e. The molecule has 6 heterocycles. The molecule has 0 saturated heterocycles. The van der Waals surface area contributed by atoms with Gasteiger partial charge < -0.3 is 0 Å². The van der Waals surface area contributed by atoms with Gasteiger partial charge in [0.15, 0.2) is 34.6 Å². The van der Waals surface area contributed by atoms with Crippen molar-refractivity contribution in [3.8, 4) is 0 Å². The Morgan fingerprint density at radius 1 is 0.524 bits per heavy atom. The van der Waals surface area contributed by atoms with Crippen LogP contribution < -0.4 is 9.80 Å². The van der Waals surface area contributed by atoms with Crippen molar-refractivity contribution in [2.24, 2.45) is 0 Å². The van der Waals surface area contributed by atoms with Crippen LogP contribution >= 0.6 is 23.5 Å². The van der Waals surface area contributed by atoms with Gasteiger partial charge in [-0.05, 0) is 60.7 Å². The van der Waals surface area contributed by atoms with E-state index in [0.29, 0.717) is 54.2 Å². The number of aromatic nitrogens is 4. The van der Waals surface area contributed by atoms with Crippen LogP contribution in [0.5, 0.6) is 0 Å². The Hall–Kier alpha value is -4.68. The minimum Gasteiger partial charge on any atom is -0.285 e. The predicted molar refractivity (Wildman–Crippen MR) is 155 cm³/mol. The molecule has 4 aromatic heterocycles. The van der Waals surface area contributed by atoms with Crippen LogP contribution in [-0.2, 0) is 0 Å². The Morgan fingerprint density at radius 3 is 1.40 bits per heavy atom. The van der Waals surface area contributed by atoms with E-state index in [4.69, 9.17) is 9.97 Å². The zero-order valence-corrected chi connectivity index (χ0v) is 22.7. The van der Waals surface area contributed by atoms with Crippen LogP contribution in [-0.4, -0.2) is 19.9 Å². The number of halogens is 4. The average Bonchev–Trinajstić information content (AvgIpc) is 3.54. The van der Waals surface area contributed by atoms with Gasteiger partial charge in [-0.15, -0.1) is 0 Å². The number of anilines is 4. The van der Waals surface area contributed by atoms with Gasteiger partial charge in [0.2, 0.25) is 0 Å². The molecule has 0 atom stereocenters. The molecule has 0 aliphatic carbocycles. The molecular formula is C30H14F4N6S2. The second kappa shape index (κ2) is 9.43. The average molecular weight is 599 g/mol. The van der Waals surface area contributed by atoms with Gasteiger partial charge in [-0.1, -0.05) is 23.5 Å². The molecule has 0 fully saturated rings. The zero-order valence-electron chi connectivity index (χ0n) is 21.1. The molecule has 2 aromatic carbocycles. The molecule has 42 heavy (non-hydrogen) atoms. The fourth-order valence-corrected chi connectivity index (χ4v) is 7.36. The topological polar surface area (TPSA) is 58.0 Å². The molecule has 0 saturated carbocycles. The summed E-state index contributed by atoms with van der Waals surface area (Å²) in [5.74, 6) is -3.21. The minimum absolute atomic E-state index is 0.367. The Kier molecular flexibility index (Phi) is 5.63. The standard InChI is InChI=1S/C30H14F4N6S2/c31-17-11-21-23(13-19(17)33)41-29(39(21)25-7-5-15-3-1-9-35-27(15)37-25)30-40(22-12-18(32)20(34)14-24(22)42-30)26-8-6-16-4-2-10-36-28(16)38-26/h1-14H/b30-29+. The van der Waals surface area contributed by atoms with Gasteiger partial charge in [0.25, 0.3) is 0 Å². The van der Waals surface area contributed by atoms with E-state index in [-0.39, 0.29) is 0 Å². The first-order chi connectivity index (χ1) is 20.4. The predicted octanol–water partition coefficient (Wildman–Crippen LogP) is 8.44. The van der Waals surface area contributed by atoms with Gasteiger partial charge in [0.05, 0.1) is 11.4 Å². The molecule has 0 spiro atoms. The maximum Gasteiger partial charge on any atom is 0.161 e. The monoisotopic (exact) mass is 598 g/mol. The molecule has 0 amide bonds. The van der Waals surface area contributed by atoms with E-state index in [1.165, 1.54) is 23.5 Å². The van der Waals surface area contributed by atoms with Gasteiger partial charge in [0, 0.05) is 45.1 Å². The second-order valence-corrected chi connectivity index (χ2v) is 11.5. The van der Waals surface area contributed by atoms with Crippen molar-refractivity contribution in [1.29, 1.82) is 0 Å². The summed E-state index contributed by atoms with van der Waals surface area (Å²) in [5.41, 5.74) is 1.66. The van der Waals surface area contributed by atoms with Crippen LogP contribution in [0.4, 0.5) is 40.6 Å². The van der Waals surface area contributed by atoms with Gasteiger partial charge in [-0.2, -0.15) is 0 Å². The maximum absolute atomic E-state index is 14.6. The van der Waals surface area contributed by atoms with E-state index in [2.05, 4.69) is 9.97 Å². The highest BCUT2D eigenvalue weighted by Crippen LogP contribution is 2.58. The SMILES string of the molecule is Fc1cc2c(cc1F)N(c1ccc3cccnc3n1)/C(=C1\Sc3cc(F)c(F)cc3N1c1ccc3cccnc3n1)S2. The molecule has 0 radical (unpaired) electrons. The molecular weight excluding hydrogens is 584 g/mol. The van der Waals surface area contributed by atoms with Gasteiger partial charge >= 0.3 is 0 Å². The number of hydrogen-bond donors (Lipinski definition) is 0. The summed E-state index contributed by atoms with van der Waals surface area (Å²) in [7, 11) is 0. The second-order valence-electron chi connectivity index (χ2n) is 9.39. The van der Waals surface area contributed by atoms with Gasteiger partial charge in [-0.3, -0.25) is 9.80 Å². The van der Waals surface area contributed by atoms with Crippen LogP contribution in [0.2, 0.25) is 0 Å². The fraction of sp³-hybridized carbons (Fsp3) is 0. The minimum atomic E-state index is -1.02. The van der Waals surface area contributed by atoms with Crippen molar-refractivity contribution in [3.05, 3.63) is 119 Å². The highest BCUT2D eigenvalue weighted by molar-refractivity contribution is 8.07. The van der Waals surface area contributed by atoms with E-state index in [1.807, 2.05) is 24.3 Å². The lowest BCUT2D eigenvalue weighted by Gasteiger charge is -2.25. The highest BCUT2D eigenvalue weighted by atomic mass is 32.2. The third-order valence-electron chi connectivity index (χ3n) is 6.84. The number of pyridine rings is 4. The first kappa shape index (κ1) is 25.1. The molecule has 8 rings (SSSR count). The summed E-state index contributed by atoms with van der Waals surface area (Å²) in [6.07, 6.45) is 3.24. The Labute approximate surface area is 243 Å². The normalized spacial score (nSPS) is 16.0. The number of fused-ring (bicyclic) bond motifs is 4. The summed E-state index contributed by atoms with van der Waals surface area (Å²) in [4.78, 5) is 22.4. The molecule has 204 valence electrons. The largest absolute Gasteiger partial charge is 0.285 e. The first-order valence-corrected chi connectivity index (χ1v) is 14.2. The van der Waals surface area contributed by atoms with E-state index in [0.717, 1.165) is 35.0 Å². The summed E-state index contributed by atoms with van der Waals surface area (Å²) in [6.45, 7) is 0. The Morgan fingerprint density at radius 2 is 0.952 bits per heavy atom. The lowest BCUT2D eigenvalue weighted by atomic mass is 10.2. The number of thioether (sulfide) groups is 2. The van der Waals surface area contributed by atoms with Crippen molar-refractivity contribution in [2.75, 3.05) is 9.80 Å². The van der Waals surface area contributed by atoms with Crippen molar-refractivity contribution in [2.45, 2.75) is 9.79 Å². The molecule has 12 heteroatoms. The van der Waals surface area contributed by atoms with E-state index >= 15 is 0 Å². The van der Waals surface area contributed by atoms with Crippen molar-refractivity contribution in [1.82, 2.24) is 19.9 Å². The highest BCUT2D eigenvalue weighted by Gasteiger charge is 2.39. The third kappa shape index (κ3) is 3.90. The molecule has 2 aliphatic heterocycles. The van der Waals surface area contributed by atoms with Crippen molar-refractivity contribution in [3.63, 3.8) is 0 Å². The van der Waals surface area contributed by atoms with Crippen molar-refractivity contribution >= 4 is 68.6 Å². The van der Waals surface area contributed by atoms with E-state index in [9.17, 15) is 17.6 Å². The van der Waals surface area contributed by atoms with Crippen LogP contribution in [0.25, 0.3) is 22.1 Å². The van der Waals surface area contributed by atoms with Crippen LogP contribution in [0.3, 0.4) is 0 Å². The third-order valence-corrected chi connectivity index (χ3v) is 9.21. The summed E-state index contributed by atoms with van der Waals surface area (Å²) in [5, 5.41) is 2.64. The maximum atomic E-state index is 14.6. The molecule has 0 bridgehead atoms.